The summed E-state index contributed by atoms with van der Waals surface area (Å²) in [4.78, 5) is 4.12. The van der Waals surface area contributed by atoms with Crippen LogP contribution in [0.15, 0.2) is 42.7 Å². The molecular weight excluding hydrogens is 252 g/mol. The highest BCUT2D eigenvalue weighted by Crippen LogP contribution is 2.32. The van der Waals surface area contributed by atoms with Crippen molar-refractivity contribution in [1.82, 2.24) is 4.98 Å². The number of rotatable bonds is 6. The van der Waals surface area contributed by atoms with Gasteiger partial charge in [0, 0.05) is 12.4 Å². The van der Waals surface area contributed by atoms with E-state index >= 15 is 0 Å². The third kappa shape index (κ3) is 3.20. The Labute approximate surface area is 119 Å². The molecule has 106 valence electrons. The summed E-state index contributed by atoms with van der Waals surface area (Å²) in [5.74, 6) is 1.49. The van der Waals surface area contributed by atoms with E-state index in [1.54, 1.807) is 20.4 Å². The van der Waals surface area contributed by atoms with E-state index in [1.165, 1.54) is 0 Å². The van der Waals surface area contributed by atoms with Gasteiger partial charge in [0.15, 0.2) is 11.5 Å². The molecule has 4 nitrogen and oxygen atoms in total. The molecular formula is C16H20N2O2. The van der Waals surface area contributed by atoms with Gasteiger partial charge in [0.05, 0.1) is 25.9 Å². The maximum atomic E-state index is 5.36. The highest BCUT2D eigenvalue weighted by molar-refractivity contribution is 5.47. The van der Waals surface area contributed by atoms with Gasteiger partial charge in [0.25, 0.3) is 0 Å². The van der Waals surface area contributed by atoms with E-state index in [4.69, 9.17) is 9.47 Å². The summed E-state index contributed by atoms with van der Waals surface area (Å²) in [6, 6.07) is 10.1. The number of ether oxygens (including phenoxy) is 2. The van der Waals surface area contributed by atoms with Gasteiger partial charge in [0.1, 0.15) is 0 Å². The van der Waals surface area contributed by atoms with Crippen LogP contribution in [0.5, 0.6) is 11.5 Å². The third-order valence-electron chi connectivity index (χ3n) is 3.22. The molecule has 2 aromatic rings. The minimum absolute atomic E-state index is 0.207. The fraction of sp³-hybridized carbons (Fsp3) is 0.312. The first-order valence-electron chi connectivity index (χ1n) is 6.67. The van der Waals surface area contributed by atoms with E-state index in [1.807, 2.05) is 30.5 Å². The molecule has 0 saturated carbocycles. The highest BCUT2D eigenvalue weighted by atomic mass is 16.5. The standard InChI is InChI=1S/C16H20N2O2/c1-4-14(18-13-6-5-9-17-11-13)12-7-8-15(19-2)16(10-12)20-3/h5-11,14,18H,4H2,1-3H3. The van der Waals surface area contributed by atoms with Crippen molar-refractivity contribution in [3.8, 4) is 11.5 Å². The van der Waals surface area contributed by atoms with Crippen molar-refractivity contribution in [3.05, 3.63) is 48.3 Å². The van der Waals surface area contributed by atoms with Crippen LogP contribution in [0.4, 0.5) is 5.69 Å². The number of methoxy groups -OCH3 is 2. The van der Waals surface area contributed by atoms with Crippen LogP contribution in [-0.2, 0) is 0 Å². The van der Waals surface area contributed by atoms with Gasteiger partial charge in [-0.15, -0.1) is 0 Å². The normalized spacial score (nSPS) is 11.8. The van der Waals surface area contributed by atoms with Crippen LogP contribution in [0.3, 0.4) is 0 Å². The van der Waals surface area contributed by atoms with Crippen LogP contribution in [0.1, 0.15) is 24.9 Å². The molecule has 0 fully saturated rings. The lowest BCUT2D eigenvalue weighted by Gasteiger charge is -2.20. The maximum Gasteiger partial charge on any atom is 0.161 e. The van der Waals surface area contributed by atoms with Crippen molar-refractivity contribution in [2.75, 3.05) is 19.5 Å². The average Bonchev–Trinajstić information content (AvgIpc) is 2.53. The Balaban J connectivity index is 2.23. The summed E-state index contributed by atoms with van der Waals surface area (Å²) in [6.07, 6.45) is 4.55. The Kier molecular flexibility index (Phi) is 4.82. The summed E-state index contributed by atoms with van der Waals surface area (Å²) in [6.45, 7) is 2.14. The second kappa shape index (κ2) is 6.80. The van der Waals surface area contributed by atoms with E-state index < -0.39 is 0 Å². The zero-order valence-electron chi connectivity index (χ0n) is 12.1. The number of pyridine rings is 1. The minimum Gasteiger partial charge on any atom is -0.493 e. The molecule has 1 aromatic heterocycles. The van der Waals surface area contributed by atoms with Gasteiger partial charge in [-0.1, -0.05) is 13.0 Å². The molecule has 2 rings (SSSR count). The molecule has 0 amide bonds. The average molecular weight is 272 g/mol. The van der Waals surface area contributed by atoms with Crippen molar-refractivity contribution in [3.63, 3.8) is 0 Å². The quantitative estimate of drug-likeness (QED) is 0.871. The van der Waals surface area contributed by atoms with Crippen LogP contribution in [0.2, 0.25) is 0 Å². The van der Waals surface area contributed by atoms with Gasteiger partial charge in [-0.2, -0.15) is 0 Å². The van der Waals surface area contributed by atoms with E-state index in [9.17, 15) is 0 Å². The van der Waals surface area contributed by atoms with Crippen LogP contribution in [-0.4, -0.2) is 19.2 Å². The molecule has 20 heavy (non-hydrogen) atoms. The van der Waals surface area contributed by atoms with Crippen LogP contribution < -0.4 is 14.8 Å². The van der Waals surface area contributed by atoms with Crippen LogP contribution in [0.25, 0.3) is 0 Å². The Bertz CT molecular complexity index is 543. The SMILES string of the molecule is CCC(Nc1cccnc1)c1ccc(OC)c(OC)c1. The van der Waals surface area contributed by atoms with Gasteiger partial charge in [-0.25, -0.2) is 0 Å². The number of hydrogen-bond donors (Lipinski definition) is 1. The zero-order chi connectivity index (χ0) is 14.4. The Hall–Kier alpha value is -2.23. The lowest BCUT2D eigenvalue weighted by molar-refractivity contribution is 0.354. The number of aromatic nitrogens is 1. The van der Waals surface area contributed by atoms with Gasteiger partial charge in [0.2, 0.25) is 0 Å². The van der Waals surface area contributed by atoms with Crippen LogP contribution in [0, 0.1) is 0 Å². The van der Waals surface area contributed by atoms with E-state index in [0.29, 0.717) is 0 Å². The first-order valence-corrected chi connectivity index (χ1v) is 6.67. The lowest BCUT2D eigenvalue weighted by Crippen LogP contribution is -2.10. The number of nitrogens with one attached hydrogen (secondary N) is 1. The van der Waals surface area contributed by atoms with Crippen molar-refractivity contribution in [2.24, 2.45) is 0 Å². The molecule has 0 aliphatic heterocycles. The maximum absolute atomic E-state index is 5.36. The largest absolute Gasteiger partial charge is 0.493 e. The lowest BCUT2D eigenvalue weighted by atomic mass is 10.0. The predicted octanol–water partition coefficient (Wildman–Crippen LogP) is 3.66. The molecule has 0 aliphatic rings. The second-order valence-electron chi connectivity index (χ2n) is 4.46. The monoisotopic (exact) mass is 272 g/mol. The minimum atomic E-state index is 0.207. The highest BCUT2D eigenvalue weighted by Gasteiger charge is 2.12. The summed E-state index contributed by atoms with van der Waals surface area (Å²) in [5, 5.41) is 3.47. The summed E-state index contributed by atoms with van der Waals surface area (Å²) in [5.41, 5.74) is 2.17. The van der Waals surface area contributed by atoms with Crippen molar-refractivity contribution in [2.45, 2.75) is 19.4 Å². The van der Waals surface area contributed by atoms with Gasteiger partial charge >= 0.3 is 0 Å². The molecule has 0 bridgehead atoms. The molecule has 1 aromatic carbocycles. The third-order valence-corrected chi connectivity index (χ3v) is 3.22. The van der Waals surface area contributed by atoms with Crippen molar-refractivity contribution >= 4 is 5.69 Å². The smallest absolute Gasteiger partial charge is 0.161 e. The topological polar surface area (TPSA) is 43.4 Å². The Morgan fingerprint density at radius 2 is 1.95 bits per heavy atom. The number of nitrogens with zero attached hydrogens (tertiary/aromatic N) is 1. The first kappa shape index (κ1) is 14.2. The van der Waals surface area contributed by atoms with E-state index in [2.05, 4.69) is 23.3 Å². The molecule has 1 N–H and O–H groups in total. The van der Waals surface area contributed by atoms with Gasteiger partial charge in [-0.3, -0.25) is 4.98 Å². The molecule has 1 atom stereocenters. The summed E-state index contributed by atoms with van der Waals surface area (Å²) < 4.78 is 10.6. The van der Waals surface area contributed by atoms with Crippen molar-refractivity contribution in [1.29, 1.82) is 0 Å². The molecule has 0 aliphatic carbocycles. The molecule has 1 unspecified atom stereocenters. The summed E-state index contributed by atoms with van der Waals surface area (Å²) >= 11 is 0. The van der Waals surface area contributed by atoms with E-state index in [-0.39, 0.29) is 6.04 Å². The Morgan fingerprint density at radius 1 is 1.15 bits per heavy atom. The van der Waals surface area contributed by atoms with Crippen LogP contribution >= 0.6 is 0 Å². The first-order chi connectivity index (χ1) is 9.78. The van der Waals surface area contributed by atoms with Gasteiger partial charge in [-0.05, 0) is 36.2 Å². The molecule has 0 spiro atoms. The Morgan fingerprint density at radius 3 is 2.55 bits per heavy atom. The fourth-order valence-electron chi connectivity index (χ4n) is 2.14. The second-order valence-corrected chi connectivity index (χ2v) is 4.46. The predicted molar refractivity (Wildman–Crippen MR) is 80.4 cm³/mol. The van der Waals surface area contributed by atoms with E-state index in [0.717, 1.165) is 29.2 Å². The zero-order valence-corrected chi connectivity index (χ0v) is 12.1. The fourth-order valence-corrected chi connectivity index (χ4v) is 2.14. The molecule has 0 radical (unpaired) electrons. The van der Waals surface area contributed by atoms with Gasteiger partial charge < -0.3 is 14.8 Å². The summed E-state index contributed by atoms with van der Waals surface area (Å²) in [7, 11) is 3.29. The molecule has 1 heterocycles. The molecule has 0 saturated heterocycles. The number of benzene rings is 1. The number of anilines is 1. The number of hydrogen-bond acceptors (Lipinski definition) is 4. The molecule has 4 heteroatoms. The van der Waals surface area contributed by atoms with Crippen molar-refractivity contribution < 1.29 is 9.47 Å².